The lowest BCUT2D eigenvalue weighted by molar-refractivity contribution is -0.140. The van der Waals surface area contributed by atoms with E-state index in [1.807, 2.05) is 44.2 Å². The van der Waals surface area contributed by atoms with Crippen molar-refractivity contribution in [1.82, 2.24) is 10.2 Å². The Morgan fingerprint density at radius 2 is 1.45 bits per heavy atom. The summed E-state index contributed by atoms with van der Waals surface area (Å²) in [5, 5.41) is 2.92. The first-order valence-corrected chi connectivity index (χ1v) is 16.6. The van der Waals surface area contributed by atoms with Crippen molar-refractivity contribution in [3.05, 3.63) is 120 Å². The van der Waals surface area contributed by atoms with Gasteiger partial charge in [0, 0.05) is 31.1 Å². The molecule has 0 aliphatic carbocycles. The fraction of sp³-hybridized carbons (Fsp3) is 0.278. The minimum Gasteiger partial charge on any atom is -0.493 e. The number of hydrogen-bond acceptors (Lipinski definition) is 6. The summed E-state index contributed by atoms with van der Waals surface area (Å²) in [6.07, 6.45) is 0.124. The molecule has 0 radical (unpaired) electrons. The number of halogens is 1. The van der Waals surface area contributed by atoms with Crippen molar-refractivity contribution >= 4 is 27.5 Å². The number of para-hydroxylation sites is 1. The maximum atomic E-state index is 15.1. The van der Waals surface area contributed by atoms with Crippen LogP contribution in [0.15, 0.2) is 108 Å². The van der Waals surface area contributed by atoms with E-state index in [1.165, 1.54) is 55.5 Å². The number of amides is 2. The van der Waals surface area contributed by atoms with Crippen molar-refractivity contribution < 1.29 is 31.9 Å². The highest BCUT2D eigenvalue weighted by Crippen LogP contribution is 2.32. The molecule has 1 N–H and O–H groups in total. The van der Waals surface area contributed by atoms with Gasteiger partial charge in [0.15, 0.2) is 11.5 Å². The summed E-state index contributed by atoms with van der Waals surface area (Å²) in [5.41, 5.74) is 1.19. The standard InChI is InChI=1S/C36H40FN3O6S/c1-26(2)23-38-36(42)32(21-27-13-7-5-8-14-27)39(24-28-15-11-12-18-31(28)37)35(41)25-40(29-16-9-6-10-17-29)47(43,44)30-19-20-33(45-3)34(22-30)46-4/h5-20,22,26,32H,21,23-25H2,1-4H3,(H,38,42)/t32-/m0/s1. The summed E-state index contributed by atoms with van der Waals surface area (Å²) in [6, 6.07) is 26.4. The predicted molar refractivity (Wildman–Crippen MR) is 179 cm³/mol. The van der Waals surface area contributed by atoms with Crippen molar-refractivity contribution in [3.8, 4) is 11.5 Å². The molecule has 0 saturated heterocycles. The summed E-state index contributed by atoms with van der Waals surface area (Å²) < 4.78 is 55.2. The van der Waals surface area contributed by atoms with Crippen LogP contribution in [-0.2, 0) is 32.6 Å². The van der Waals surface area contributed by atoms with Gasteiger partial charge in [0.2, 0.25) is 11.8 Å². The van der Waals surface area contributed by atoms with E-state index in [0.717, 1.165) is 9.87 Å². The van der Waals surface area contributed by atoms with E-state index in [-0.39, 0.29) is 40.8 Å². The third kappa shape index (κ3) is 8.88. The van der Waals surface area contributed by atoms with Gasteiger partial charge in [0.25, 0.3) is 10.0 Å². The smallest absolute Gasteiger partial charge is 0.264 e. The number of carbonyl (C=O) groups excluding carboxylic acids is 2. The van der Waals surface area contributed by atoms with Crippen LogP contribution in [0.4, 0.5) is 10.1 Å². The summed E-state index contributed by atoms with van der Waals surface area (Å²) in [6.45, 7) is 3.32. The number of nitrogens with one attached hydrogen (secondary N) is 1. The number of benzene rings is 4. The summed E-state index contributed by atoms with van der Waals surface area (Å²) in [7, 11) is -1.54. The normalized spacial score (nSPS) is 11.9. The Morgan fingerprint density at radius 3 is 2.06 bits per heavy atom. The molecule has 0 spiro atoms. The van der Waals surface area contributed by atoms with Crippen LogP contribution in [0.5, 0.6) is 11.5 Å². The van der Waals surface area contributed by atoms with E-state index in [0.29, 0.717) is 12.3 Å². The minimum atomic E-state index is -4.37. The molecule has 1 atom stereocenters. The van der Waals surface area contributed by atoms with Crippen molar-refractivity contribution in [2.24, 2.45) is 5.92 Å². The van der Waals surface area contributed by atoms with Gasteiger partial charge in [-0.2, -0.15) is 0 Å². The Kier molecular flexibility index (Phi) is 12.0. The van der Waals surface area contributed by atoms with Gasteiger partial charge in [-0.1, -0.05) is 80.6 Å². The molecule has 0 bridgehead atoms. The van der Waals surface area contributed by atoms with Crippen molar-refractivity contribution in [3.63, 3.8) is 0 Å². The zero-order chi connectivity index (χ0) is 34.0. The molecule has 0 aliphatic rings. The van der Waals surface area contributed by atoms with Crippen molar-refractivity contribution in [1.29, 1.82) is 0 Å². The number of hydrogen-bond donors (Lipinski definition) is 1. The maximum absolute atomic E-state index is 15.1. The number of rotatable bonds is 15. The first kappa shape index (κ1) is 35.0. The minimum absolute atomic E-state index is 0.124. The third-order valence-electron chi connectivity index (χ3n) is 7.52. The average Bonchev–Trinajstić information content (AvgIpc) is 3.08. The highest BCUT2D eigenvalue weighted by atomic mass is 32.2. The van der Waals surface area contributed by atoms with Gasteiger partial charge >= 0.3 is 0 Å². The number of nitrogens with zero attached hydrogens (tertiary/aromatic N) is 2. The second kappa shape index (κ2) is 16.1. The Bertz CT molecular complexity index is 1750. The van der Waals surface area contributed by atoms with E-state index >= 15 is 4.39 Å². The first-order chi connectivity index (χ1) is 22.5. The number of methoxy groups -OCH3 is 2. The van der Waals surface area contributed by atoms with E-state index in [4.69, 9.17) is 9.47 Å². The summed E-state index contributed by atoms with van der Waals surface area (Å²) >= 11 is 0. The molecule has 248 valence electrons. The van der Waals surface area contributed by atoms with E-state index in [1.54, 1.807) is 36.4 Å². The van der Waals surface area contributed by atoms with Crippen LogP contribution < -0.4 is 19.1 Å². The fourth-order valence-corrected chi connectivity index (χ4v) is 6.44. The molecule has 0 saturated carbocycles. The van der Waals surface area contributed by atoms with Gasteiger partial charge < -0.3 is 19.7 Å². The van der Waals surface area contributed by atoms with Gasteiger partial charge in [0.1, 0.15) is 18.4 Å². The molecule has 4 rings (SSSR count). The number of anilines is 1. The number of sulfonamides is 1. The van der Waals surface area contributed by atoms with E-state index < -0.39 is 40.2 Å². The van der Waals surface area contributed by atoms with Crippen LogP contribution >= 0.6 is 0 Å². The Hall–Kier alpha value is -4.90. The molecule has 11 heteroatoms. The largest absolute Gasteiger partial charge is 0.493 e. The molecule has 4 aromatic rings. The summed E-state index contributed by atoms with van der Waals surface area (Å²) in [5.74, 6) is -1.01. The van der Waals surface area contributed by atoms with Crippen LogP contribution in [0.25, 0.3) is 0 Å². The Morgan fingerprint density at radius 1 is 0.830 bits per heavy atom. The van der Waals surface area contributed by atoms with Gasteiger partial charge in [-0.05, 0) is 41.8 Å². The third-order valence-corrected chi connectivity index (χ3v) is 9.29. The van der Waals surface area contributed by atoms with E-state index in [9.17, 15) is 18.0 Å². The quantitative estimate of drug-likeness (QED) is 0.182. The molecule has 47 heavy (non-hydrogen) atoms. The number of ether oxygens (including phenoxy) is 2. The Labute approximate surface area is 276 Å². The molecular weight excluding hydrogens is 621 g/mol. The highest BCUT2D eigenvalue weighted by molar-refractivity contribution is 7.92. The molecular formula is C36H40FN3O6S. The highest BCUT2D eigenvalue weighted by Gasteiger charge is 2.35. The molecule has 9 nitrogen and oxygen atoms in total. The molecule has 0 aliphatic heterocycles. The SMILES string of the molecule is COc1ccc(S(=O)(=O)N(CC(=O)N(Cc2ccccc2F)[C@@H](Cc2ccccc2)C(=O)NCC(C)C)c2ccccc2)cc1OC. The second-order valence-corrected chi connectivity index (χ2v) is 13.2. The predicted octanol–water partition coefficient (Wildman–Crippen LogP) is 5.45. The first-order valence-electron chi connectivity index (χ1n) is 15.2. The van der Waals surface area contributed by atoms with Gasteiger partial charge in [-0.15, -0.1) is 0 Å². The maximum Gasteiger partial charge on any atom is 0.264 e. The molecule has 4 aromatic carbocycles. The summed E-state index contributed by atoms with van der Waals surface area (Å²) in [4.78, 5) is 29.4. The van der Waals surface area contributed by atoms with Gasteiger partial charge in [-0.25, -0.2) is 12.8 Å². The van der Waals surface area contributed by atoms with Crippen LogP contribution in [-0.4, -0.2) is 58.5 Å². The zero-order valence-corrected chi connectivity index (χ0v) is 27.7. The van der Waals surface area contributed by atoms with E-state index in [2.05, 4.69) is 5.32 Å². The van der Waals surface area contributed by atoms with Crippen LogP contribution in [0, 0.1) is 11.7 Å². The molecule has 2 amide bonds. The molecule has 0 aromatic heterocycles. The molecule has 0 fully saturated rings. The van der Waals surface area contributed by atoms with Crippen LogP contribution in [0.2, 0.25) is 0 Å². The lowest BCUT2D eigenvalue weighted by Gasteiger charge is -2.34. The molecule has 0 heterocycles. The van der Waals surface area contributed by atoms with Crippen LogP contribution in [0.1, 0.15) is 25.0 Å². The Balaban J connectivity index is 1.81. The molecule has 0 unspecified atom stereocenters. The zero-order valence-electron chi connectivity index (χ0n) is 26.9. The van der Waals surface area contributed by atoms with Gasteiger partial charge in [0.05, 0.1) is 24.8 Å². The monoisotopic (exact) mass is 661 g/mol. The van der Waals surface area contributed by atoms with Crippen LogP contribution in [0.3, 0.4) is 0 Å². The van der Waals surface area contributed by atoms with Crippen molar-refractivity contribution in [2.75, 3.05) is 31.6 Å². The number of carbonyl (C=O) groups is 2. The lowest BCUT2D eigenvalue weighted by Crippen LogP contribution is -2.53. The fourth-order valence-electron chi connectivity index (χ4n) is 5.01. The van der Waals surface area contributed by atoms with Gasteiger partial charge in [-0.3, -0.25) is 13.9 Å². The topological polar surface area (TPSA) is 105 Å². The van der Waals surface area contributed by atoms with Crippen molar-refractivity contribution in [2.45, 2.75) is 37.8 Å². The average molecular weight is 662 g/mol. The second-order valence-electron chi connectivity index (χ2n) is 11.3. The lowest BCUT2D eigenvalue weighted by atomic mass is 10.0.